The van der Waals surface area contributed by atoms with Crippen LogP contribution in [0.4, 0.5) is 5.69 Å². The van der Waals surface area contributed by atoms with Crippen LogP contribution in [0.2, 0.25) is 0 Å². The molecule has 1 aromatic rings. The number of hydrogen-bond acceptors (Lipinski definition) is 2. The Balaban J connectivity index is 2.13. The lowest BCUT2D eigenvalue weighted by atomic mass is 9.84. The summed E-state index contributed by atoms with van der Waals surface area (Å²) in [7, 11) is 1.73. The van der Waals surface area contributed by atoms with Gasteiger partial charge >= 0.3 is 0 Å². The molecule has 1 aromatic carbocycles. The summed E-state index contributed by atoms with van der Waals surface area (Å²) in [4.78, 5) is 0. The minimum absolute atomic E-state index is 0.508. The van der Waals surface area contributed by atoms with Crippen LogP contribution in [0.1, 0.15) is 44.6 Å². The summed E-state index contributed by atoms with van der Waals surface area (Å²) in [6.45, 7) is 4.43. The van der Waals surface area contributed by atoms with E-state index in [0.29, 0.717) is 6.04 Å². The summed E-state index contributed by atoms with van der Waals surface area (Å²) in [6.07, 6.45) is 6.88. The van der Waals surface area contributed by atoms with Crippen LogP contribution >= 0.6 is 15.9 Å². The van der Waals surface area contributed by atoms with Gasteiger partial charge in [-0.05, 0) is 50.3 Å². The van der Waals surface area contributed by atoms with Crippen molar-refractivity contribution >= 4 is 21.6 Å². The molecule has 1 N–H and O–H groups in total. The molecule has 1 atom stereocenters. The molecule has 1 aliphatic carbocycles. The molecule has 0 radical (unpaired) electrons. The second-order valence-corrected chi connectivity index (χ2v) is 6.55. The summed E-state index contributed by atoms with van der Waals surface area (Å²) >= 11 is 3.52. The smallest absolute Gasteiger partial charge is 0.143 e. The quantitative estimate of drug-likeness (QED) is 0.826. The van der Waals surface area contributed by atoms with E-state index in [9.17, 15) is 0 Å². The van der Waals surface area contributed by atoms with E-state index < -0.39 is 0 Å². The van der Waals surface area contributed by atoms with Gasteiger partial charge in [0.05, 0.1) is 12.8 Å². The van der Waals surface area contributed by atoms with Gasteiger partial charge in [-0.15, -0.1) is 0 Å². The number of rotatable bonds is 4. The number of benzene rings is 1. The standard InChI is InChI=1S/C16H24BrNO/c1-11-9-14(17)10-15(19-3)16(11)18-12(2)13-7-5-4-6-8-13/h9-10,12-13,18H,4-8H2,1-3H3. The van der Waals surface area contributed by atoms with Gasteiger partial charge in [0.15, 0.2) is 0 Å². The molecule has 1 aliphatic rings. The molecule has 0 saturated heterocycles. The van der Waals surface area contributed by atoms with E-state index in [4.69, 9.17) is 4.74 Å². The molecule has 2 rings (SSSR count). The van der Waals surface area contributed by atoms with Crippen LogP contribution in [0.15, 0.2) is 16.6 Å². The summed E-state index contributed by atoms with van der Waals surface area (Å²) < 4.78 is 6.57. The van der Waals surface area contributed by atoms with Crippen LogP contribution in [0, 0.1) is 12.8 Å². The molecule has 0 spiro atoms. The zero-order valence-electron chi connectivity index (χ0n) is 12.1. The summed E-state index contributed by atoms with van der Waals surface area (Å²) in [5.41, 5.74) is 2.37. The second-order valence-electron chi connectivity index (χ2n) is 5.63. The predicted molar refractivity (Wildman–Crippen MR) is 85.1 cm³/mol. The van der Waals surface area contributed by atoms with E-state index in [2.05, 4.69) is 41.2 Å². The number of hydrogen-bond donors (Lipinski definition) is 1. The molecule has 19 heavy (non-hydrogen) atoms. The highest BCUT2D eigenvalue weighted by molar-refractivity contribution is 9.10. The highest BCUT2D eigenvalue weighted by Crippen LogP contribution is 2.35. The molecule has 1 saturated carbocycles. The zero-order valence-corrected chi connectivity index (χ0v) is 13.7. The molecule has 0 amide bonds. The molecule has 0 aliphatic heterocycles. The molecule has 1 unspecified atom stereocenters. The molecule has 0 aromatic heterocycles. The van der Waals surface area contributed by atoms with Gasteiger partial charge in [0.1, 0.15) is 5.75 Å². The molecule has 0 heterocycles. The first-order valence-electron chi connectivity index (χ1n) is 7.22. The SMILES string of the molecule is COc1cc(Br)cc(C)c1NC(C)C1CCCCC1. The number of halogens is 1. The largest absolute Gasteiger partial charge is 0.495 e. The van der Waals surface area contributed by atoms with Gasteiger partial charge in [0.25, 0.3) is 0 Å². The Hall–Kier alpha value is -0.700. The lowest BCUT2D eigenvalue weighted by molar-refractivity contribution is 0.327. The van der Waals surface area contributed by atoms with E-state index in [-0.39, 0.29) is 0 Å². The van der Waals surface area contributed by atoms with Crippen molar-refractivity contribution in [2.24, 2.45) is 5.92 Å². The molecule has 3 heteroatoms. The Morgan fingerprint density at radius 2 is 1.95 bits per heavy atom. The molecular formula is C16H24BrNO. The fourth-order valence-corrected chi connectivity index (χ4v) is 3.59. The monoisotopic (exact) mass is 325 g/mol. The maximum absolute atomic E-state index is 5.50. The van der Waals surface area contributed by atoms with Crippen molar-refractivity contribution in [2.45, 2.75) is 52.0 Å². The zero-order chi connectivity index (χ0) is 13.8. The van der Waals surface area contributed by atoms with Gasteiger partial charge in [-0.25, -0.2) is 0 Å². The minimum Gasteiger partial charge on any atom is -0.495 e. The lowest BCUT2D eigenvalue weighted by Gasteiger charge is -2.30. The second kappa shape index (κ2) is 6.65. The summed E-state index contributed by atoms with van der Waals surface area (Å²) in [5, 5.41) is 3.68. The number of aryl methyl sites for hydroxylation is 1. The minimum atomic E-state index is 0.508. The van der Waals surface area contributed by atoms with Gasteiger partial charge in [-0.3, -0.25) is 0 Å². The third-order valence-electron chi connectivity index (χ3n) is 4.21. The van der Waals surface area contributed by atoms with Crippen molar-refractivity contribution in [3.05, 3.63) is 22.2 Å². The maximum atomic E-state index is 5.50. The predicted octanol–water partition coefficient (Wildman–Crippen LogP) is 5.15. The Morgan fingerprint density at radius 3 is 2.58 bits per heavy atom. The third kappa shape index (κ3) is 3.65. The fraction of sp³-hybridized carbons (Fsp3) is 0.625. The van der Waals surface area contributed by atoms with Crippen molar-refractivity contribution in [1.29, 1.82) is 0 Å². The van der Waals surface area contributed by atoms with Crippen molar-refractivity contribution in [3.8, 4) is 5.75 Å². The van der Waals surface area contributed by atoms with Crippen LogP contribution in [-0.2, 0) is 0 Å². The third-order valence-corrected chi connectivity index (χ3v) is 4.67. The Labute approximate surface area is 125 Å². The highest BCUT2D eigenvalue weighted by atomic mass is 79.9. The topological polar surface area (TPSA) is 21.3 Å². The van der Waals surface area contributed by atoms with Gasteiger partial charge in [-0.2, -0.15) is 0 Å². The van der Waals surface area contributed by atoms with E-state index >= 15 is 0 Å². The van der Waals surface area contributed by atoms with E-state index in [0.717, 1.165) is 21.8 Å². The average Bonchev–Trinajstić information content (AvgIpc) is 2.42. The lowest BCUT2D eigenvalue weighted by Crippen LogP contribution is -2.28. The van der Waals surface area contributed by atoms with Crippen LogP contribution < -0.4 is 10.1 Å². The Kier molecular flexibility index (Phi) is 5.14. The van der Waals surface area contributed by atoms with Gasteiger partial charge < -0.3 is 10.1 Å². The van der Waals surface area contributed by atoms with E-state index in [1.165, 1.54) is 37.7 Å². The van der Waals surface area contributed by atoms with Gasteiger partial charge in [0, 0.05) is 10.5 Å². The fourth-order valence-electron chi connectivity index (χ4n) is 3.04. The van der Waals surface area contributed by atoms with Gasteiger partial charge in [-0.1, -0.05) is 35.2 Å². The highest BCUT2D eigenvalue weighted by Gasteiger charge is 2.21. The number of anilines is 1. The van der Waals surface area contributed by atoms with Crippen molar-refractivity contribution in [3.63, 3.8) is 0 Å². The number of methoxy groups -OCH3 is 1. The van der Waals surface area contributed by atoms with E-state index in [1.807, 2.05) is 6.07 Å². The average molecular weight is 326 g/mol. The first-order chi connectivity index (χ1) is 9.11. The first-order valence-corrected chi connectivity index (χ1v) is 8.01. The van der Waals surface area contributed by atoms with Crippen molar-refractivity contribution < 1.29 is 4.74 Å². The van der Waals surface area contributed by atoms with Crippen LogP contribution in [0.5, 0.6) is 5.75 Å². The van der Waals surface area contributed by atoms with Crippen LogP contribution in [0.3, 0.4) is 0 Å². The van der Waals surface area contributed by atoms with E-state index in [1.54, 1.807) is 7.11 Å². The Bertz CT molecular complexity index is 427. The van der Waals surface area contributed by atoms with Crippen LogP contribution in [-0.4, -0.2) is 13.2 Å². The molecule has 2 nitrogen and oxygen atoms in total. The summed E-state index contributed by atoms with van der Waals surface area (Å²) in [5.74, 6) is 1.72. The number of ether oxygens (including phenoxy) is 1. The normalized spacial score (nSPS) is 18.1. The molecule has 106 valence electrons. The summed E-state index contributed by atoms with van der Waals surface area (Å²) in [6, 6.07) is 4.68. The number of nitrogens with one attached hydrogen (secondary N) is 1. The van der Waals surface area contributed by atoms with Crippen molar-refractivity contribution in [2.75, 3.05) is 12.4 Å². The van der Waals surface area contributed by atoms with Crippen molar-refractivity contribution in [1.82, 2.24) is 0 Å². The molecular weight excluding hydrogens is 302 g/mol. The molecule has 0 bridgehead atoms. The van der Waals surface area contributed by atoms with Gasteiger partial charge in [0.2, 0.25) is 0 Å². The molecule has 1 fully saturated rings. The first kappa shape index (κ1) is 14.7. The van der Waals surface area contributed by atoms with Crippen LogP contribution in [0.25, 0.3) is 0 Å². The maximum Gasteiger partial charge on any atom is 0.143 e. The Morgan fingerprint density at radius 1 is 1.26 bits per heavy atom.